The molecule has 0 aliphatic carbocycles. The van der Waals surface area contributed by atoms with Gasteiger partial charge in [0.05, 0.1) is 19.3 Å². The molecule has 0 spiro atoms. The number of hydrogen-bond donors (Lipinski definition) is 2. The monoisotopic (exact) mass is 461 g/mol. The second-order valence-corrected chi connectivity index (χ2v) is 7.54. The second-order valence-electron chi connectivity index (χ2n) is 7.54. The number of esters is 2. The van der Waals surface area contributed by atoms with Crippen LogP contribution in [0.1, 0.15) is 23.6 Å². The Morgan fingerprint density at radius 1 is 0.647 bits per heavy atom. The van der Waals surface area contributed by atoms with E-state index in [1.165, 1.54) is 6.92 Å². The molecule has 3 rings (SSSR count). The maximum atomic E-state index is 12.2. The zero-order valence-electron chi connectivity index (χ0n) is 18.4. The average molecular weight is 461 g/mol. The molecule has 34 heavy (non-hydrogen) atoms. The number of ether oxygens (including phenoxy) is 2. The van der Waals surface area contributed by atoms with E-state index in [2.05, 4.69) is 5.32 Å². The SMILES string of the molecule is CC(=O)Nc1ccc(CC(=O)Oc2ccc(CC(=O)Oc3ccc(CC(=O)O)cc3)cc2)cc1. The highest BCUT2D eigenvalue weighted by atomic mass is 16.5. The van der Waals surface area contributed by atoms with Crippen molar-refractivity contribution in [3.05, 3.63) is 89.5 Å². The molecule has 0 aromatic heterocycles. The molecule has 174 valence electrons. The molecule has 0 saturated heterocycles. The van der Waals surface area contributed by atoms with Crippen LogP contribution in [-0.4, -0.2) is 28.9 Å². The van der Waals surface area contributed by atoms with Gasteiger partial charge in [0, 0.05) is 12.6 Å². The predicted octanol–water partition coefficient (Wildman–Crippen LogP) is 3.57. The first-order valence-corrected chi connectivity index (χ1v) is 10.4. The Labute approximate surface area is 196 Å². The molecule has 0 aliphatic heterocycles. The molecule has 0 radical (unpaired) electrons. The van der Waals surface area contributed by atoms with Gasteiger partial charge in [0.1, 0.15) is 11.5 Å². The van der Waals surface area contributed by atoms with Crippen LogP contribution in [0.25, 0.3) is 0 Å². The summed E-state index contributed by atoms with van der Waals surface area (Å²) >= 11 is 0. The Bertz CT molecular complexity index is 1070. The summed E-state index contributed by atoms with van der Waals surface area (Å²) in [6.07, 6.45) is -0.0124. The molecule has 8 heteroatoms. The van der Waals surface area contributed by atoms with Crippen LogP contribution in [0.4, 0.5) is 5.69 Å². The van der Waals surface area contributed by atoms with E-state index < -0.39 is 17.9 Å². The Hall–Kier alpha value is -4.46. The number of aliphatic carboxylic acids is 1. The summed E-state index contributed by atoms with van der Waals surface area (Å²) in [7, 11) is 0. The van der Waals surface area contributed by atoms with Crippen LogP contribution < -0.4 is 14.8 Å². The van der Waals surface area contributed by atoms with E-state index in [1.54, 1.807) is 72.8 Å². The summed E-state index contributed by atoms with van der Waals surface area (Å²) in [5.74, 6) is -1.34. The van der Waals surface area contributed by atoms with Gasteiger partial charge in [-0.2, -0.15) is 0 Å². The molecule has 0 atom stereocenters. The van der Waals surface area contributed by atoms with Gasteiger partial charge in [-0.1, -0.05) is 36.4 Å². The number of nitrogens with one attached hydrogen (secondary N) is 1. The van der Waals surface area contributed by atoms with Crippen molar-refractivity contribution in [3.8, 4) is 11.5 Å². The fourth-order valence-electron chi connectivity index (χ4n) is 3.10. The standard InChI is InChI=1S/C26H23NO7/c1-17(28)27-21-8-2-19(3-9-21)15-25(31)34-23-12-6-20(7-13-23)16-26(32)33-22-10-4-18(5-11-22)14-24(29)30/h2-13H,14-16H2,1H3,(H,27,28)(H,29,30). The first kappa shape index (κ1) is 24.2. The number of amides is 1. The van der Waals surface area contributed by atoms with Gasteiger partial charge in [-0.15, -0.1) is 0 Å². The number of carbonyl (C=O) groups excluding carboxylic acids is 3. The van der Waals surface area contributed by atoms with Gasteiger partial charge in [0.2, 0.25) is 5.91 Å². The highest BCUT2D eigenvalue weighted by molar-refractivity contribution is 5.88. The molecule has 3 aromatic carbocycles. The minimum atomic E-state index is -0.934. The van der Waals surface area contributed by atoms with E-state index in [1.807, 2.05) is 0 Å². The van der Waals surface area contributed by atoms with Crippen molar-refractivity contribution in [1.82, 2.24) is 0 Å². The fourth-order valence-corrected chi connectivity index (χ4v) is 3.10. The van der Waals surface area contributed by atoms with Gasteiger partial charge in [0.25, 0.3) is 0 Å². The van der Waals surface area contributed by atoms with E-state index in [-0.39, 0.29) is 25.2 Å². The van der Waals surface area contributed by atoms with Crippen molar-refractivity contribution in [1.29, 1.82) is 0 Å². The van der Waals surface area contributed by atoms with Gasteiger partial charge < -0.3 is 19.9 Å². The van der Waals surface area contributed by atoms with Crippen LogP contribution in [0.2, 0.25) is 0 Å². The normalized spacial score (nSPS) is 10.3. The Kier molecular flexibility index (Phi) is 8.12. The average Bonchev–Trinajstić information content (AvgIpc) is 2.77. The maximum Gasteiger partial charge on any atom is 0.315 e. The summed E-state index contributed by atoms with van der Waals surface area (Å²) in [6, 6.07) is 19.7. The van der Waals surface area contributed by atoms with Crippen molar-refractivity contribution >= 4 is 29.5 Å². The molecule has 0 aliphatic rings. The van der Waals surface area contributed by atoms with Crippen LogP contribution in [0.5, 0.6) is 11.5 Å². The Balaban J connectivity index is 1.47. The van der Waals surface area contributed by atoms with Gasteiger partial charge >= 0.3 is 17.9 Å². The first-order valence-electron chi connectivity index (χ1n) is 10.4. The molecule has 3 aromatic rings. The third-order valence-corrected chi connectivity index (χ3v) is 4.64. The van der Waals surface area contributed by atoms with Gasteiger partial charge in [-0.3, -0.25) is 19.2 Å². The molecular weight excluding hydrogens is 438 g/mol. The highest BCUT2D eigenvalue weighted by Crippen LogP contribution is 2.17. The van der Waals surface area contributed by atoms with Crippen molar-refractivity contribution in [2.24, 2.45) is 0 Å². The largest absolute Gasteiger partial charge is 0.481 e. The minimum absolute atomic E-state index is 0.0196. The van der Waals surface area contributed by atoms with E-state index in [4.69, 9.17) is 14.6 Å². The molecule has 0 saturated carbocycles. The number of carboxylic acids is 1. The first-order chi connectivity index (χ1) is 16.3. The van der Waals surface area contributed by atoms with Crippen molar-refractivity contribution < 1.29 is 33.8 Å². The zero-order valence-corrected chi connectivity index (χ0v) is 18.4. The second kappa shape index (κ2) is 11.4. The number of carbonyl (C=O) groups is 4. The van der Waals surface area contributed by atoms with Gasteiger partial charge in [0.15, 0.2) is 0 Å². The Morgan fingerprint density at radius 2 is 1.03 bits per heavy atom. The van der Waals surface area contributed by atoms with E-state index in [0.717, 1.165) is 5.56 Å². The van der Waals surface area contributed by atoms with Crippen molar-refractivity contribution in [2.75, 3.05) is 5.32 Å². The Morgan fingerprint density at radius 3 is 1.41 bits per heavy atom. The summed E-state index contributed by atoms with van der Waals surface area (Å²) < 4.78 is 10.6. The van der Waals surface area contributed by atoms with Crippen molar-refractivity contribution in [3.63, 3.8) is 0 Å². The molecule has 1 amide bonds. The smallest absolute Gasteiger partial charge is 0.315 e. The van der Waals surface area contributed by atoms with Crippen LogP contribution in [0.3, 0.4) is 0 Å². The molecule has 0 bridgehead atoms. The third-order valence-electron chi connectivity index (χ3n) is 4.64. The molecular formula is C26H23NO7. The lowest BCUT2D eigenvalue weighted by Crippen LogP contribution is -2.12. The summed E-state index contributed by atoms with van der Waals surface area (Å²) in [5.41, 5.74) is 2.68. The number of carboxylic acid groups (broad SMARTS) is 1. The van der Waals surface area contributed by atoms with E-state index in [0.29, 0.717) is 28.3 Å². The predicted molar refractivity (Wildman–Crippen MR) is 124 cm³/mol. The molecule has 0 fully saturated rings. The summed E-state index contributed by atoms with van der Waals surface area (Å²) in [4.78, 5) is 46.1. The van der Waals surface area contributed by atoms with Gasteiger partial charge in [-0.25, -0.2) is 0 Å². The van der Waals surface area contributed by atoms with Crippen molar-refractivity contribution in [2.45, 2.75) is 26.2 Å². The maximum absolute atomic E-state index is 12.2. The number of hydrogen-bond acceptors (Lipinski definition) is 6. The lowest BCUT2D eigenvalue weighted by Gasteiger charge is -2.08. The van der Waals surface area contributed by atoms with Crippen LogP contribution in [0.15, 0.2) is 72.8 Å². The molecule has 0 unspecified atom stereocenters. The fraction of sp³-hybridized carbons (Fsp3) is 0.154. The van der Waals surface area contributed by atoms with E-state index >= 15 is 0 Å². The lowest BCUT2D eigenvalue weighted by atomic mass is 10.1. The lowest BCUT2D eigenvalue weighted by molar-refractivity contribution is -0.136. The number of benzene rings is 3. The van der Waals surface area contributed by atoms with Crippen LogP contribution in [0, 0.1) is 0 Å². The highest BCUT2D eigenvalue weighted by Gasteiger charge is 2.10. The van der Waals surface area contributed by atoms with Crippen LogP contribution in [-0.2, 0) is 38.4 Å². The molecule has 0 heterocycles. The number of anilines is 1. The van der Waals surface area contributed by atoms with Crippen LogP contribution >= 0.6 is 0 Å². The third kappa shape index (κ3) is 7.90. The topological polar surface area (TPSA) is 119 Å². The van der Waals surface area contributed by atoms with E-state index in [9.17, 15) is 19.2 Å². The molecule has 8 nitrogen and oxygen atoms in total. The minimum Gasteiger partial charge on any atom is -0.481 e. The zero-order chi connectivity index (χ0) is 24.5. The quantitative estimate of drug-likeness (QED) is 0.369. The number of rotatable bonds is 9. The van der Waals surface area contributed by atoms with Gasteiger partial charge in [-0.05, 0) is 53.1 Å². The summed E-state index contributed by atoms with van der Waals surface area (Å²) in [5, 5.41) is 11.4. The summed E-state index contributed by atoms with van der Waals surface area (Å²) in [6.45, 7) is 1.42. The molecule has 2 N–H and O–H groups in total.